The zero-order chi connectivity index (χ0) is 13.9. The number of rotatable bonds is 3. The van der Waals surface area contributed by atoms with Crippen LogP contribution >= 0.6 is 11.3 Å². The van der Waals surface area contributed by atoms with E-state index in [1.54, 1.807) is 11.3 Å². The summed E-state index contributed by atoms with van der Waals surface area (Å²) >= 11 is 1.70. The highest BCUT2D eigenvalue weighted by Gasteiger charge is 2.09. The molecule has 0 aliphatic heterocycles. The summed E-state index contributed by atoms with van der Waals surface area (Å²) in [7, 11) is 0. The lowest BCUT2D eigenvalue weighted by molar-refractivity contribution is 0.818. The molecule has 3 rings (SSSR count). The van der Waals surface area contributed by atoms with Gasteiger partial charge in [-0.2, -0.15) is 5.26 Å². The molecule has 98 valence electrons. The third kappa shape index (κ3) is 2.31. The van der Waals surface area contributed by atoms with Crippen LogP contribution in [-0.4, -0.2) is 4.98 Å². The lowest BCUT2D eigenvalue weighted by Crippen LogP contribution is -1.92. The van der Waals surface area contributed by atoms with Gasteiger partial charge in [-0.15, -0.1) is 11.3 Å². The summed E-state index contributed by atoms with van der Waals surface area (Å²) in [6.45, 7) is 2.04. The minimum Gasteiger partial charge on any atom is -0.236 e. The maximum Gasteiger partial charge on any atom is 0.124 e. The number of benzene rings is 2. The van der Waals surface area contributed by atoms with Crippen LogP contribution in [0.1, 0.15) is 24.8 Å². The predicted molar refractivity (Wildman–Crippen MR) is 83.7 cm³/mol. The van der Waals surface area contributed by atoms with Crippen molar-refractivity contribution in [3.8, 4) is 16.6 Å². The molecule has 0 fully saturated rings. The van der Waals surface area contributed by atoms with Crippen molar-refractivity contribution in [3.05, 3.63) is 54.1 Å². The quantitative estimate of drug-likeness (QED) is 0.677. The molecule has 2 aromatic carbocycles. The van der Waals surface area contributed by atoms with E-state index < -0.39 is 0 Å². The lowest BCUT2D eigenvalue weighted by Gasteiger charge is -2.06. The molecule has 1 atom stereocenters. The number of nitrogens with zero attached hydrogens (tertiary/aromatic N) is 2. The summed E-state index contributed by atoms with van der Waals surface area (Å²) in [5.41, 5.74) is 3.24. The molecule has 2 nitrogen and oxygen atoms in total. The van der Waals surface area contributed by atoms with E-state index in [9.17, 15) is 0 Å². The van der Waals surface area contributed by atoms with E-state index >= 15 is 0 Å². The van der Waals surface area contributed by atoms with Gasteiger partial charge in [-0.3, -0.25) is 0 Å². The summed E-state index contributed by atoms with van der Waals surface area (Å²) < 4.78 is 1.20. The Kier molecular flexibility index (Phi) is 3.49. The first-order valence-electron chi connectivity index (χ1n) is 6.67. The van der Waals surface area contributed by atoms with Crippen LogP contribution < -0.4 is 0 Å². The van der Waals surface area contributed by atoms with Gasteiger partial charge in [0.25, 0.3) is 0 Å². The van der Waals surface area contributed by atoms with Crippen LogP contribution in [0.15, 0.2) is 48.5 Å². The van der Waals surface area contributed by atoms with Gasteiger partial charge in [0.05, 0.1) is 22.2 Å². The highest BCUT2D eigenvalue weighted by Crippen LogP contribution is 2.31. The summed E-state index contributed by atoms with van der Waals surface area (Å²) in [4.78, 5) is 4.65. The molecule has 20 heavy (non-hydrogen) atoms. The molecule has 0 bridgehead atoms. The van der Waals surface area contributed by atoms with Gasteiger partial charge in [0.1, 0.15) is 5.01 Å². The molecule has 0 saturated heterocycles. The second kappa shape index (κ2) is 5.44. The van der Waals surface area contributed by atoms with E-state index in [2.05, 4.69) is 29.3 Å². The summed E-state index contributed by atoms with van der Waals surface area (Å²) in [6.07, 6.45) is 0.844. The molecule has 1 unspecified atom stereocenters. The van der Waals surface area contributed by atoms with Crippen molar-refractivity contribution in [3.63, 3.8) is 0 Å². The van der Waals surface area contributed by atoms with Crippen molar-refractivity contribution in [1.29, 1.82) is 5.26 Å². The van der Waals surface area contributed by atoms with Crippen LogP contribution in [0.2, 0.25) is 0 Å². The SMILES string of the molecule is CCC(C#N)c1ccc(-c2nc3ccccc3s2)cc1. The van der Waals surface area contributed by atoms with E-state index in [0.717, 1.165) is 28.1 Å². The second-order valence-corrected chi connectivity index (χ2v) is 5.73. The van der Waals surface area contributed by atoms with E-state index in [1.807, 2.05) is 37.3 Å². The lowest BCUT2D eigenvalue weighted by atomic mass is 9.97. The van der Waals surface area contributed by atoms with E-state index in [0.29, 0.717) is 0 Å². The number of hydrogen-bond donors (Lipinski definition) is 0. The molecule has 0 amide bonds. The molecule has 0 aliphatic carbocycles. The summed E-state index contributed by atoms with van der Waals surface area (Å²) in [6, 6.07) is 18.7. The van der Waals surface area contributed by atoms with Crippen molar-refractivity contribution >= 4 is 21.6 Å². The Hall–Kier alpha value is -2.18. The van der Waals surface area contributed by atoms with Gasteiger partial charge in [0.15, 0.2) is 0 Å². The standard InChI is InChI=1S/C17H14N2S/c1-2-12(11-18)13-7-9-14(10-8-13)17-19-15-5-3-4-6-16(15)20-17/h3-10,12H,2H2,1H3. The smallest absolute Gasteiger partial charge is 0.124 e. The molecule has 0 saturated carbocycles. The fourth-order valence-electron chi connectivity index (χ4n) is 2.26. The molecule has 1 heterocycles. The molecule has 0 spiro atoms. The molecule has 0 radical (unpaired) electrons. The number of hydrogen-bond acceptors (Lipinski definition) is 3. The highest BCUT2D eigenvalue weighted by atomic mass is 32.1. The Labute approximate surface area is 122 Å². The zero-order valence-electron chi connectivity index (χ0n) is 11.2. The van der Waals surface area contributed by atoms with E-state index in [-0.39, 0.29) is 5.92 Å². The maximum atomic E-state index is 9.10. The zero-order valence-corrected chi connectivity index (χ0v) is 12.0. The minimum absolute atomic E-state index is 0.0144. The molecular weight excluding hydrogens is 264 g/mol. The Bertz CT molecular complexity index is 733. The van der Waals surface area contributed by atoms with Crippen molar-refractivity contribution in [1.82, 2.24) is 4.98 Å². The van der Waals surface area contributed by atoms with Gasteiger partial charge < -0.3 is 0 Å². The van der Waals surface area contributed by atoms with Crippen LogP contribution in [0.4, 0.5) is 0 Å². The Morgan fingerprint density at radius 1 is 1.15 bits per heavy atom. The van der Waals surface area contributed by atoms with Crippen molar-refractivity contribution in [2.45, 2.75) is 19.3 Å². The molecule has 0 N–H and O–H groups in total. The molecular formula is C17H14N2S. The highest BCUT2D eigenvalue weighted by molar-refractivity contribution is 7.21. The van der Waals surface area contributed by atoms with Crippen LogP contribution in [0.25, 0.3) is 20.8 Å². The fourth-order valence-corrected chi connectivity index (χ4v) is 3.23. The molecule has 3 heteroatoms. The fraction of sp³-hybridized carbons (Fsp3) is 0.176. The number of aromatic nitrogens is 1. The third-order valence-corrected chi connectivity index (χ3v) is 4.50. The van der Waals surface area contributed by atoms with Crippen molar-refractivity contribution in [2.24, 2.45) is 0 Å². The first-order chi connectivity index (χ1) is 9.81. The normalized spacial score (nSPS) is 12.2. The Balaban J connectivity index is 1.96. The van der Waals surface area contributed by atoms with Gasteiger partial charge in [-0.05, 0) is 24.1 Å². The van der Waals surface area contributed by atoms with Crippen LogP contribution in [0.5, 0.6) is 0 Å². The van der Waals surface area contributed by atoms with Gasteiger partial charge in [-0.1, -0.05) is 43.3 Å². The van der Waals surface area contributed by atoms with Crippen LogP contribution in [-0.2, 0) is 0 Å². The Morgan fingerprint density at radius 2 is 1.90 bits per heavy atom. The average Bonchev–Trinajstić information content (AvgIpc) is 2.93. The molecule has 0 aliphatic rings. The first-order valence-corrected chi connectivity index (χ1v) is 7.49. The van der Waals surface area contributed by atoms with Crippen molar-refractivity contribution in [2.75, 3.05) is 0 Å². The Morgan fingerprint density at radius 3 is 2.55 bits per heavy atom. The minimum atomic E-state index is -0.0144. The number of fused-ring (bicyclic) bond motifs is 1. The van der Waals surface area contributed by atoms with Crippen LogP contribution in [0, 0.1) is 11.3 Å². The topological polar surface area (TPSA) is 36.7 Å². The number of thiazole rings is 1. The maximum absolute atomic E-state index is 9.10. The number of para-hydroxylation sites is 1. The molecule has 1 aromatic heterocycles. The third-order valence-electron chi connectivity index (χ3n) is 3.42. The summed E-state index contributed by atoms with van der Waals surface area (Å²) in [5, 5.41) is 10.1. The second-order valence-electron chi connectivity index (χ2n) is 4.70. The largest absolute Gasteiger partial charge is 0.236 e. The van der Waals surface area contributed by atoms with Crippen molar-refractivity contribution < 1.29 is 0 Å². The van der Waals surface area contributed by atoms with E-state index in [4.69, 9.17) is 5.26 Å². The van der Waals surface area contributed by atoms with Gasteiger partial charge in [-0.25, -0.2) is 4.98 Å². The first kappa shape index (κ1) is 12.8. The van der Waals surface area contributed by atoms with Crippen LogP contribution in [0.3, 0.4) is 0 Å². The van der Waals surface area contributed by atoms with Gasteiger partial charge in [0, 0.05) is 5.56 Å². The number of nitriles is 1. The molecule has 3 aromatic rings. The monoisotopic (exact) mass is 278 g/mol. The average molecular weight is 278 g/mol. The van der Waals surface area contributed by atoms with E-state index in [1.165, 1.54) is 4.70 Å². The van der Waals surface area contributed by atoms with Gasteiger partial charge >= 0.3 is 0 Å². The predicted octanol–water partition coefficient (Wildman–Crippen LogP) is 4.98. The summed E-state index contributed by atoms with van der Waals surface area (Å²) in [5.74, 6) is -0.0144. The van der Waals surface area contributed by atoms with Gasteiger partial charge in [0.2, 0.25) is 0 Å².